The molecule has 1 aliphatic carbocycles. The summed E-state index contributed by atoms with van der Waals surface area (Å²) in [7, 11) is 0. The summed E-state index contributed by atoms with van der Waals surface area (Å²) in [5.41, 5.74) is 3.67. The van der Waals surface area contributed by atoms with Crippen molar-refractivity contribution in [2.45, 2.75) is 32.3 Å². The fourth-order valence-corrected chi connectivity index (χ4v) is 1.93. The van der Waals surface area contributed by atoms with Crippen LogP contribution in [0.2, 0.25) is 0 Å². The molecule has 14 heavy (non-hydrogen) atoms. The summed E-state index contributed by atoms with van der Waals surface area (Å²) < 4.78 is 0. The smallest absolute Gasteiger partial charge is 0.0726 e. The molecule has 0 saturated heterocycles. The normalized spacial score (nSPS) is 21.9. The van der Waals surface area contributed by atoms with Crippen LogP contribution in [0.5, 0.6) is 0 Å². The monoisotopic (exact) mass is 189 g/mol. The lowest BCUT2D eigenvalue weighted by Gasteiger charge is -2.18. The van der Waals surface area contributed by atoms with Crippen molar-refractivity contribution in [2.75, 3.05) is 0 Å². The molecule has 1 aromatic heterocycles. The minimum atomic E-state index is -0.265. The maximum atomic E-state index is 9.53. The van der Waals surface area contributed by atoms with Crippen molar-refractivity contribution in [1.29, 1.82) is 0 Å². The molecule has 0 radical (unpaired) electrons. The van der Waals surface area contributed by atoms with Crippen LogP contribution in [0, 0.1) is 6.92 Å². The van der Waals surface area contributed by atoms with Gasteiger partial charge >= 0.3 is 0 Å². The van der Waals surface area contributed by atoms with E-state index in [2.05, 4.69) is 11.9 Å². The van der Waals surface area contributed by atoms with Crippen LogP contribution in [0.15, 0.2) is 24.5 Å². The maximum Gasteiger partial charge on any atom is 0.0726 e. The van der Waals surface area contributed by atoms with E-state index in [-0.39, 0.29) is 6.10 Å². The molecule has 2 nitrogen and oxygen atoms in total. The number of aryl methyl sites for hydroxylation is 1. The van der Waals surface area contributed by atoms with Gasteiger partial charge in [-0.15, -0.1) is 0 Å². The molecule has 0 fully saturated rings. The minimum Gasteiger partial charge on any atom is -0.389 e. The molecule has 1 aromatic rings. The first-order chi connectivity index (χ1) is 6.77. The highest BCUT2D eigenvalue weighted by Gasteiger charge is 2.13. The Morgan fingerprint density at radius 2 is 2.36 bits per heavy atom. The molecule has 1 atom stereocenters. The first-order valence-electron chi connectivity index (χ1n) is 5.07. The van der Waals surface area contributed by atoms with Crippen LogP contribution in [0.3, 0.4) is 0 Å². The average molecular weight is 189 g/mol. The minimum absolute atomic E-state index is 0.265. The highest BCUT2D eigenvalue weighted by atomic mass is 16.3. The SMILES string of the molecule is Cc1ccncc1C1=CC(O)CCC1. The highest BCUT2D eigenvalue weighted by molar-refractivity contribution is 5.68. The van der Waals surface area contributed by atoms with Crippen molar-refractivity contribution in [3.05, 3.63) is 35.7 Å². The van der Waals surface area contributed by atoms with Gasteiger partial charge in [-0.05, 0) is 49.0 Å². The van der Waals surface area contributed by atoms with Gasteiger partial charge in [0.25, 0.3) is 0 Å². The van der Waals surface area contributed by atoms with Gasteiger partial charge in [-0.3, -0.25) is 4.98 Å². The van der Waals surface area contributed by atoms with Gasteiger partial charge in [-0.2, -0.15) is 0 Å². The molecular weight excluding hydrogens is 174 g/mol. The van der Waals surface area contributed by atoms with Crippen LogP contribution >= 0.6 is 0 Å². The Bertz CT molecular complexity index is 357. The standard InChI is InChI=1S/C12H15NO/c1-9-5-6-13-8-12(9)10-3-2-4-11(14)7-10/h5-8,11,14H,2-4H2,1H3. The number of hydrogen-bond acceptors (Lipinski definition) is 2. The predicted molar refractivity (Wildman–Crippen MR) is 56.8 cm³/mol. The molecule has 74 valence electrons. The molecule has 0 spiro atoms. The second-order valence-corrected chi connectivity index (χ2v) is 3.84. The maximum absolute atomic E-state index is 9.53. The predicted octanol–water partition coefficient (Wildman–Crippen LogP) is 2.32. The molecule has 0 aromatic carbocycles. The van der Waals surface area contributed by atoms with E-state index < -0.39 is 0 Å². The Hall–Kier alpha value is -1.15. The van der Waals surface area contributed by atoms with Gasteiger partial charge in [0.1, 0.15) is 0 Å². The van der Waals surface area contributed by atoms with E-state index in [4.69, 9.17) is 0 Å². The van der Waals surface area contributed by atoms with Crippen LogP contribution < -0.4 is 0 Å². The van der Waals surface area contributed by atoms with E-state index >= 15 is 0 Å². The number of pyridine rings is 1. The van der Waals surface area contributed by atoms with Crippen molar-refractivity contribution in [2.24, 2.45) is 0 Å². The topological polar surface area (TPSA) is 33.1 Å². The zero-order valence-electron chi connectivity index (χ0n) is 8.40. The molecule has 2 heteroatoms. The summed E-state index contributed by atoms with van der Waals surface area (Å²) in [4.78, 5) is 4.12. The molecule has 0 amide bonds. The van der Waals surface area contributed by atoms with Crippen molar-refractivity contribution in [1.82, 2.24) is 4.98 Å². The second-order valence-electron chi connectivity index (χ2n) is 3.84. The summed E-state index contributed by atoms with van der Waals surface area (Å²) in [5.74, 6) is 0. The number of aliphatic hydroxyl groups excluding tert-OH is 1. The second kappa shape index (κ2) is 3.93. The third-order valence-electron chi connectivity index (χ3n) is 2.72. The molecule has 1 N–H and O–H groups in total. The highest BCUT2D eigenvalue weighted by Crippen LogP contribution is 2.28. The lowest BCUT2D eigenvalue weighted by Crippen LogP contribution is -2.08. The summed E-state index contributed by atoms with van der Waals surface area (Å²) in [5, 5.41) is 9.53. The quantitative estimate of drug-likeness (QED) is 0.735. The molecule has 1 unspecified atom stereocenters. The Balaban J connectivity index is 2.35. The van der Waals surface area contributed by atoms with Crippen LogP contribution in [0.1, 0.15) is 30.4 Å². The molecule has 0 saturated carbocycles. The van der Waals surface area contributed by atoms with Gasteiger partial charge in [0.2, 0.25) is 0 Å². The fourth-order valence-electron chi connectivity index (χ4n) is 1.93. The van der Waals surface area contributed by atoms with E-state index in [0.717, 1.165) is 19.3 Å². The van der Waals surface area contributed by atoms with Gasteiger partial charge in [-0.1, -0.05) is 6.08 Å². The average Bonchev–Trinajstić information content (AvgIpc) is 2.18. The number of rotatable bonds is 1. The number of allylic oxidation sites excluding steroid dienone is 1. The van der Waals surface area contributed by atoms with E-state index in [9.17, 15) is 5.11 Å². The van der Waals surface area contributed by atoms with Crippen molar-refractivity contribution < 1.29 is 5.11 Å². The van der Waals surface area contributed by atoms with Crippen molar-refractivity contribution >= 4 is 5.57 Å². The van der Waals surface area contributed by atoms with Gasteiger partial charge in [0.15, 0.2) is 0 Å². The van der Waals surface area contributed by atoms with Crippen LogP contribution in [-0.4, -0.2) is 16.2 Å². The zero-order chi connectivity index (χ0) is 9.97. The third kappa shape index (κ3) is 1.85. The Kier molecular flexibility index (Phi) is 2.64. The number of nitrogens with zero attached hydrogens (tertiary/aromatic N) is 1. The van der Waals surface area contributed by atoms with Gasteiger partial charge in [0.05, 0.1) is 6.10 Å². The molecule has 1 aliphatic rings. The van der Waals surface area contributed by atoms with Gasteiger partial charge in [-0.25, -0.2) is 0 Å². The summed E-state index contributed by atoms with van der Waals surface area (Å²) in [6, 6.07) is 2.01. The third-order valence-corrected chi connectivity index (χ3v) is 2.72. The number of aliphatic hydroxyl groups is 1. The molecule has 0 bridgehead atoms. The Morgan fingerprint density at radius 1 is 1.50 bits per heavy atom. The summed E-state index contributed by atoms with van der Waals surface area (Å²) >= 11 is 0. The van der Waals surface area contributed by atoms with Crippen molar-refractivity contribution in [3.63, 3.8) is 0 Å². The van der Waals surface area contributed by atoms with E-state index in [1.54, 1.807) is 6.20 Å². The lowest BCUT2D eigenvalue weighted by atomic mass is 9.91. The van der Waals surface area contributed by atoms with Crippen LogP contribution in [-0.2, 0) is 0 Å². The largest absolute Gasteiger partial charge is 0.389 e. The van der Waals surface area contributed by atoms with Crippen molar-refractivity contribution in [3.8, 4) is 0 Å². The Morgan fingerprint density at radius 3 is 3.07 bits per heavy atom. The van der Waals surface area contributed by atoms with Crippen LogP contribution in [0.25, 0.3) is 5.57 Å². The molecule has 1 heterocycles. The van der Waals surface area contributed by atoms with E-state index in [1.807, 2.05) is 18.3 Å². The lowest BCUT2D eigenvalue weighted by molar-refractivity contribution is 0.206. The molecule has 2 rings (SSSR count). The molecular formula is C12H15NO. The molecule has 0 aliphatic heterocycles. The van der Waals surface area contributed by atoms with Gasteiger partial charge in [0, 0.05) is 12.4 Å². The first-order valence-corrected chi connectivity index (χ1v) is 5.07. The summed E-state index contributed by atoms with van der Waals surface area (Å²) in [6.45, 7) is 2.08. The van der Waals surface area contributed by atoms with Crippen LogP contribution in [0.4, 0.5) is 0 Å². The van der Waals surface area contributed by atoms with E-state index in [0.29, 0.717) is 0 Å². The van der Waals surface area contributed by atoms with E-state index in [1.165, 1.54) is 16.7 Å². The number of hydrogen-bond donors (Lipinski definition) is 1. The zero-order valence-corrected chi connectivity index (χ0v) is 8.40. The van der Waals surface area contributed by atoms with Gasteiger partial charge < -0.3 is 5.11 Å². The summed E-state index contributed by atoms with van der Waals surface area (Å²) in [6.07, 6.45) is 8.41. The fraction of sp³-hybridized carbons (Fsp3) is 0.417. The Labute approximate surface area is 84.3 Å². The number of aromatic nitrogens is 1. The first kappa shape index (κ1) is 9.41.